The van der Waals surface area contributed by atoms with Crippen molar-refractivity contribution < 1.29 is 10.0 Å². The fourth-order valence-corrected chi connectivity index (χ4v) is 3.13. The van der Waals surface area contributed by atoms with Gasteiger partial charge in [-0.2, -0.15) is 10.7 Å². The van der Waals surface area contributed by atoms with Crippen molar-refractivity contribution in [3.8, 4) is 6.07 Å². The molecule has 0 saturated heterocycles. The summed E-state index contributed by atoms with van der Waals surface area (Å²) in [5, 5.41) is 20.7. The van der Waals surface area contributed by atoms with Crippen LogP contribution in [0.15, 0.2) is 18.2 Å². The van der Waals surface area contributed by atoms with Gasteiger partial charge in [-0.3, -0.25) is 9.69 Å². The number of fused-ring (bicyclic) bond motifs is 1. The summed E-state index contributed by atoms with van der Waals surface area (Å²) in [5.41, 5.74) is 5.02. The van der Waals surface area contributed by atoms with Crippen LogP contribution in [-0.4, -0.2) is 41.7 Å². The maximum atomic E-state index is 11.5. The van der Waals surface area contributed by atoms with Gasteiger partial charge in [0.05, 0.1) is 18.2 Å². The largest absolute Gasteiger partial charge is 0.351 e. The Hall–Kier alpha value is -1.94. The average Bonchev–Trinajstić information content (AvgIpc) is 2.49. The quantitative estimate of drug-likeness (QED) is 0.710. The Morgan fingerprint density at radius 3 is 3.04 bits per heavy atom. The van der Waals surface area contributed by atoms with Crippen molar-refractivity contribution in [1.29, 1.82) is 5.26 Å². The molecular weight excluding hydrogens is 292 g/mol. The van der Waals surface area contributed by atoms with Crippen LogP contribution in [0.2, 0.25) is 0 Å². The second-order valence-corrected chi connectivity index (χ2v) is 6.05. The number of hydrogen-bond acceptors (Lipinski definition) is 5. The Morgan fingerprint density at radius 2 is 2.30 bits per heavy atom. The fourth-order valence-electron chi connectivity index (χ4n) is 3.13. The number of carbonyl (C=O) groups excluding carboxylic acids is 1. The summed E-state index contributed by atoms with van der Waals surface area (Å²) in [5.74, 6) is -0.223. The molecule has 1 amide bonds. The van der Waals surface area contributed by atoms with Crippen LogP contribution in [0.1, 0.15) is 36.5 Å². The van der Waals surface area contributed by atoms with Gasteiger partial charge in [-0.05, 0) is 49.9 Å². The predicted octanol–water partition coefficient (Wildman–Crippen LogP) is 1.18. The molecule has 6 heteroatoms. The maximum absolute atomic E-state index is 11.5. The van der Waals surface area contributed by atoms with Crippen molar-refractivity contribution in [1.82, 2.24) is 15.7 Å². The van der Waals surface area contributed by atoms with Crippen molar-refractivity contribution in [3.63, 3.8) is 0 Å². The minimum atomic E-state index is -0.223. The zero-order valence-electron chi connectivity index (χ0n) is 13.5. The highest BCUT2D eigenvalue weighted by Gasteiger charge is 2.18. The van der Waals surface area contributed by atoms with E-state index >= 15 is 0 Å². The third kappa shape index (κ3) is 5.03. The van der Waals surface area contributed by atoms with Crippen molar-refractivity contribution >= 4 is 5.91 Å². The first kappa shape index (κ1) is 17.4. The number of nitrogens with zero attached hydrogens (tertiary/aromatic N) is 2. The number of nitrogens with one attached hydrogen (secondary N) is 2. The molecule has 3 N–H and O–H groups in total. The van der Waals surface area contributed by atoms with E-state index in [1.54, 1.807) is 0 Å². The van der Waals surface area contributed by atoms with Gasteiger partial charge in [0.25, 0.3) is 0 Å². The number of nitriles is 1. The van der Waals surface area contributed by atoms with Crippen LogP contribution in [0.25, 0.3) is 0 Å². The summed E-state index contributed by atoms with van der Waals surface area (Å²) in [6.45, 7) is 4.38. The van der Waals surface area contributed by atoms with E-state index in [9.17, 15) is 10.1 Å². The molecule has 1 aliphatic heterocycles. The Bertz CT molecular complexity index is 582. The molecule has 0 aromatic heterocycles. The second kappa shape index (κ2) is 8.63. The zero-order chi connectivity index (χ0) is 16.7. The van der Waals surface area contributed by atoms with E-state index in [1.165, 1.54) is 11.1 Å². The molecule has 0 aliphatic carbocycles. The molecule has 1 aliphatic rings. The number of rotatable bonds is 5. The SMILES string of the molecule is C[C@@H](CN1CCCCc2c(C#N)cccc2C1)NC(=O)CNO. The number of carbonyl (C=O) groups is 1. The smallest absolute Gasteiger partial charge is 0.236 e. The molecule has 1 aromatic carbocycles. The van der Waals surface area contributed by atoms with E-state index in [0.29, 0.717) is 0 Å². The molecule has 0 unspecified atom stereocenters. The average molecular weight is 316 g/mol. The lowest BCUT2D eigenvalue weighted by Gasteiger charge is -2.29. The minimum absolute atomic E-state index is 0.00197. The molecule has 23 heavy (non-hydrogen) atoms. The van der Waals surface area contributed by atoms with E-state index in [4.69, 9.17) is 5.21 Å². The lowest BCUT2D eigenvalue weighted by molar-refractivity contribution is -0.122. The molecule has 1 aromatic rings. The molecule has 6 nitrogen and oxygen atoms in total. The van der Waals surface area contributed by atoms with Crippen LogP contribution in [0.3, 0.4) is 0 Å². The fraction of sp³-hybridized carbons (Fsp3) is 0.529. The van der Waals surface area contributed by atoms with Crippen LogP contribution in [0, 0.1) is 11.3 Å². The number of amides is 1. The van der Waals surface area contributed by atoms with Gasteiger partial charge in [0, 0.05) is 19.1 Å². The van der Waals surface area contributed by atoms with Gasteiger partial charge in [0.1, 0.15) is 0 Å². The van der Waals surface area contributed by atoms with Crippen LogP contribution < -0.4 is 10.8 Å². The molecule has 1 atom stereocenters. The van der Waals surface area contributed by atoms with Crippen molar-refractivity contribution in [2.75, 3.05) is 19.6 Å². The number of hydrogen-bond donors (Lipinski definition) is 3. The molecule has 0 fully saturated rings. The van der Waals surface area contributed by atoms with Gasteiger partial charge in [-0.1, -0.05) is 12.1 Å². The first-order valence-corrected chi connectivity index (χ1v) is 8.03. The third-order valence-corrected chi connectivity index (χ3v) is 4.12. The van der Waals surface area contributed by atoms with Gasteiger partial charge < -0.3 is 10.5 Å². The van der Waals surface area contributed by atoms with Gasteiger partial charge in [0.2, 0.25) is 5.91 Å². The Balaban J connectivity index is 2.03. The molecule has 1 heterocycles. The van der Waals surface area contributed by atoms with Gasteiger partial charge in [0.15, 0.2) is 0 Å². The van der Waals surface area contributed by atoms with E-state index in [2.05, 4.69) is 22.4 Å². The summed E-state index contributed by atoms with van der Waals surface area (Å²) in [6.07, 6.45) is 3.11. The Morgan fingerprint density at radius 1 is 1.48 bits per heavy atom. The summed E-state index contributed by atoms with van der Waals surface area (Å²) in [4.78, 5) is 13.8. The molecule has 2 rings (SSSR count). The molecule has 0 spiro atoms. The van der Waals surface area contributed by atoms with E-state index < -0.39 is 0 Å². The first-order valence-electron chi connectivity index (χ1n) is 8.03. The summed E-state index contributed by atoms with van der Waals surface area (Å²) < 4.78 is 0. The van der Waals surface area contributed by atoms with Gasteiger partial charge in [-0.15, -0.1) is 0 Å². The van der Waals surface area contributed by atoms with Gasteiger partial charge in [-0.25, -0.2) is 0 Å². The van der Waals surface area contributed by atoms with Crippen molar-refractivity contribution in [2.24, 2.45) is 0 Å². The standard InChI is InChI=1S/C17H24N4O2/c1-13(20-17(22)10-19-23)11-21-8-3-2-7-16-14(9-18)5-4-6-15(16)12-21/h4-6,13,19,23H,2-3,7-8,10-12H2,1H3,(H,20,22)/t13-/m0/s1. The molecule has 0 bridgehead atoms. The zero-order valence-corrected chi connectivity index (χ0v) is 13.5. The monoisotopic (exact) mass is 316 g/mol. The van der Waals surface area contributed by atoms with Crippen LogP contribution in [0.5, 0.6) is 0 Å². The lowest BCUT2D eigenvalue weighted by Crippen LogP contribution is -2.44. The third-order valence-electron chi connectivity index (χ3n) is 4.12. The normalized spacial score (nSPS) is 16.6. The van der Waals surface area contributed by atoms with E-state index in [-0.39, 0.29) is 18.5 Å². The molecule has 124 valence electrons. The predicted molar refractivity (Wildman–Crippen MR) is 86.8 cm³/mol. The number of benzene rings is 1. The molecule has 0 radical (unpaired) electrons. The van der Waals surface area contributed by atoms with Crippen LogP contribution in [0.4, 0.5) is 0 Å². The summed E-state index contributed by atoms with van der Waals surface area (Å²) in [6, 6.07) is 8.21. The summed E-state index contributed by atoms with van der Waals surface area (Å²) >= 11 is 0. The highest BCUT2D eigenvalue weighted by molar-refractivity contribution is 5.78. The molecular formula is C17H24N4O2. The minimum Gasteiger partial charge on any atom is -0.351 e. The summed E-state index contributed by atoms with van der Waals surface area (Å²) in [7, 11) is 0. The van der Waals surface area contributed by atoms with Crippen LogP contribution >= 0.6 is 0 Å². The Kier molecular flexibility index (Phi) is 6.53. The van der Waals surface area contributed by atoms with E-state index in [1.807, 2.05) is 24.5 Å². The highest BCUT2D eigenvalue weighted by Crippen LogP contribution is 2.21. The maximum Gasteiger partial charge on any atom is 0.236 e. The van der Waals surface area contributed by atoms with Gasteiger partial charge >= 0.3 is 0 Å². The Labute approximate surface area is 137 Å². The first-order chi connectivity index (χ1) is 11.1. The highest BCUT2D eigenvalue weighted by atomic mass is 16.5. The topological polar surface area (TPSA) is 88.4 Å². The second-order valence-electron chi connectivity index (χ2n) is 6.05. The lowest BCUT2D eigenvalue weighted by atomic mass is 9.94. The number of hydroxylamine groups is 1. The van der Waals surface area contributed by atoms with E-state index in [0.717, 1.165) is 44.5 Å². The van der Waals surface area contributed by atoms with Crippen molar-refractivity contribution in [3.05, 3.63) is 34.9 Å². The molecule has 0 saturated carbocycles. The van der Waals surface area contributed by atoms with Crippen molar-refractivity contribution in [2.45, 2.75) is 38.8 Å². The van der Waals surface area contributed by atoms with Crippen LogP contribution in [-0.2, 0) is 17.8 Å².